The highest BCUT2D eigenvalue weighted by Crippen LogP contribution is 2.37. The van der Waals surface area contributed by atoms with Crippen LogP contribution in [0.2, 0.25) is 18.1 Å². The molecule has 0 saturated carbocycles. The highest BCUT2D eigenvalue weighted by atomic mass is 28.4. The third-order valence-electron chi connectivity index (χ3n) is 3.74. The minimum atomic E-state index is -1.86. The lowest BCUT2D eigenvalue weighted by atomic mass is 10.0. The summed E-state index contributed by atoms with van der Waals surface area (Å²) in [5.74, 6) is -0.361. The number of rotatable bonds is 6. The first-order chi connectivity index (χ1) is 9.28. The molecule has 0 aromatic rings. The second-order valence-electron chi connectivity index (χ2n) is 8.09. The molecular formula is C16H31NO3Si. The molecule has 0 aliphatic rings. The lowest BCUT2D eigenvalue weighted by Crippen LogP contribution is -2.42. The second kappa shape index (κ2) is 7.41. The van der Waals surface area contributed by atoms with Gasteiger partial charge in [0.25, 0.3) is 0 Å². The van der Waals surface area contributed by atoms with Crippen molar-refractivity contribution in [2.45, 2.75) is 78.1 Å². The molecule has 0 radical (unpaired) electrons. The smallest absolute Gasteiger partial charge is 0.306 e. The molecule has 5 heteroatoms. The van der Waals surface area contributed by atoms with Gasteiger partial charge in [0.05, 0.1) is 12.5 Å². The molecule has 0 amide bonds. The van der Waals surface area contributed by atoms with Crippen LogP contribution in [-0.4, -0.2) is 26.5 Å². The summed E-state index contributed by atoms with van der Waals surface area (Å²) in [5, 5.41) is 9.05. The number of nitrogens with zero attached hydrogens (tertiary/aromatic N) is 1. The second-order valence-corrected chi connectivity index (χ2v) is 12.9. The van der Waals surface area contributed by atoms with Gasteiger partial charge in [-0.3, -0.25) is 4.79 Å². The van der Waals surface area contributed by atoms with Crippen molar-refractivity contribution in [3.05, 3.63) is 0 Å². The van der Waals surface area contributed by atoms with Gasteiger partial charge in [-0.1, -0.05) is 20.8 Å². The third-order valence-corrected chi connectivity index (χ3v) is 8.24. The Bertz CT molecular complexity index is 386. The van der Waals surface area contributed by atoms with Gasteiger partial charge in [0.2, 0.25) is 0 Å². The van der Waals surface area contributed by atoms with Gasteiger partial charge in [0.1, 0.15) is 5.60 Å². The van der Waals surface area contributed by atoms with Crippen LogP contribution in [0.15, 0.2) is 0 Å². The molecule has 1 unspecified atom stereocenters. The third kappa shape index (κ3) is 8.23. The van der Waals surface area contributed by atoms with Crippen LogP contribution in [0.1, 0.15) is 54.4 Å². The van der Waals surface area contributed by atoms with E-state index in [1.54, 1.807) is 0 Å². The molecule has 0 heterocycles. The first kappa shape index (κ1) is 20.1. The zero-order chi connectivity index (χ0) is 16.9. The van der Waals surface area contributed by atoms with E-state index in [0.29, 0.717) is 13.0 Å². The summed E-state index contributed by atoms with van der Waals surface area (Å²) >= 11 is 0. The Morgan fingerprint density at radius 2 is 1.71 bits per heavy atom. The Hall–Kier alpha value is -0.863. The fourth-order valence-corrected chi connectivity index (χ4v) is 2.57. The molecule has 0 aliphatic heterocycles. The fraction of sp³-hybridized carbons (Fsp3) is 0.875. The highest BCUT2D eigenvalue weighted by Gasteiger charge is 2.37. The Kier molecular flexibility index (Phi) is 7.11. The van der Waals surface area contributed by atoms with Crippen molar-refractivity contribution in [1.29, 1.82) is 5.26 Å². The van der Waals surface area contributed by atoms with Gasteiger partial charge in [0, 0.05) is 18.9 Å². The van der Waals surface area contributed by atoms with E-state index in [1.165, 1.54) is 0 Å². The van der Waals surface area contributed by atoms with Gasteiger partial charge in [0.15, 0.2) is 8.32 Å². The number of carbonyl (C=O) groups is 1. The number of hydrogen-bond acceptors (Lipinski definition) is 4. The van der Waals surface area contributed by atoms with Crippen LogP contribution in [0.5, 0.6) is 0 Å². The SMILES string of the molecule is CC(C)(C)OC(=O)CC(CC#N)CO[Si](C)(C)C(C)(C)C. The van der Waals surface area contributed by atoms with Crippen molar-refractivity contribution in [1.82, 2.24) is 0 Å². The highest BCUT2D eigenvalue weighted by molar-refractivity contribution is 6.74. The lowest BCUT2D eigenvalue weighted by Gasteiger charge is -2.37. The molecule has 0 aromatic heterocycles. The summed E-state index contributed by atoms with van der Waals surface area (Å²) in [5.41, 5.74) is -0.492. The summed E-state index contributed by atoms with van der Waals surface area (Å²) in [6.07, 6.45) is 0.549. The Morgan fingerprint density at radius 3 is 2.10 bits per heavy atom. The van der Waals surface area contributed by atoms with Crippen molar-refractivity contribution in [2.75, 3.05) is 6.61 Å². The summed E-state index contributed by atoms with van der Waals surface area (Å²) in [6.45, 7) is 16.8. The molecule has 0 bridgehead atoms. The summed E-state index contributed by atoms with van der Waals surface area (Å²) in [4.78, 5) is 11.9. The summed E-state index contributed by atoms with van der Waals surface area (Å²) in [7, 11) is -1.86. The minimum absolute atomic E-state index is 0.0982. The number of carbonyl (C=O) groups excluding carboxylic acids is 1. The quantitative estimate of drug-likeness (QED) is 0.543. The van der Waals surface area contributed by atoms with E-state index >= 15 is 0 Å². The van der Waals surface area contributed by atoms with Crippen LogP contribution in [0.3, 0.4) is 0 Å². The molecule has 21 heavy (non-hydrogen) atoms. The standard InChI is InChI=1S/C16H31NO3Si/c1-15(2,3)20-14(18)11-13(9-10-17)12-19-21(7,8)16(4,5)6/h13H,9,11-12H2,1-8H3. The van der Waals surface area contributed by atoms with Crippen LogP contribution >= 0.6 is 0 Å². The monoisotopic (exact) mass is 313 g/mol. The van der Waals surface area contributed by atoms with E-state index in [0.717, 1.165) is 0 Å². The topological polar surface area (TPSA) is 59.3 Å². The van der Waals surface area contributed by atoms with Crippen molar-refractivity contribution >= 4 is 14.3 Å². The summed E-state index contributed by atoms with van der Waals surface area (Å²) < 4.78 is 11.4. The van der Waals surface area contributed by atoms with E-state index in [2.05, 4.69) is 39.9 Å². The number of nitriles is 1. The van der Waals surface area contributed by atoms with E-state index in [9.17, 15) is 4.79 Å². The maximum atomic E-state index is 11.9. The van der Waals surface area contributed by atoms with Crippen molar-refractivity contribution < 1.29 is 14.0 Å². The van der Waals surface area contributed by atoms with E-state index in [-0.39, 0.29) is 23.3 Å². The van der Waals surface area contributed by atoms with Gasteiger partial charge in [-0.05, 0) is 38.9 Å². The van der Waals surface area contributed by atoms with Gasteiger partial charge < -0.3 is 9.16 Å². The van der Waals surface area contributed by atoms with Gasteiger partial charge in [-0.2, -0.15) is 5.26 Å². The molecule has 0 saturated heterocycles. The molecule has 0 spiro atoms. The van der Waals surface area contributed by atoms with Crippen molar-refractivity contribution in [2.24, 2.45) is 5.92 Å². The first-order valence-electron chi connectivity index (χ1n) is 7.51. The molecule has 0 aliphatic carbocycles. The minimum Gasteiger partial charge on any atom is -0.460 e. The molecule has 0 aromatic carbocycles. The van der Waals surface area contributed by atoms with Crippen LogP contribution in [0, 0.1) is 17.2 Å². The first-order valence-corrected chi connectivity index (χ1v) is 10.4. The molecule has 1 atom stereocenters. The maximum absolute atomic E-state index is 11.9. The predicted molar refractivity (Wildman–Crippen MR) is 87.3 cm³/mol. The largest absolute Gasteiger partial charge is 0.460 e. The predicted octanol–water partition coefficient (Wildman–Crippen LogP) is 4.27. The average molecular weight is 314 g/mol. The molecule has 122 valence electrons. The van der Waals surface area contributed by atoms with Crippen molar-refractivity contribution in [3.8, 4) is 6.07 Å². The van der Waals surface area contributed by atoms with E-state index in [1.807, 2.05) is 20.8 Å². The van der Waals surface area contributed by atoms with Crippen LogP contribution < -0.4 is 0 Å². The summed E-state index contributed by atoms with van der Waals surface area (Å²) in [6, 6.07) is 2.14. The number of hydrogen-bond donors (Lipinski definition) is 0. The lowest BCUT2D eigenvalue weighted by molar-refractivity contribution is -0.156. The molecule has 0 N–H and O–H groups in total. The Labute approximate surface area is 130 Å². The number of esters is 1. The van der Waals surface area contributed by atoms with E-state index < -0.39 is 13.9 Å². The van der Waals surface area contributed by atoms with Gasteiger partial charge in [-0.25, -0.2) is 0 Å². The van der Waals surface area contributed by atoms with E-state index in [4.69, 9.17) is 14.4 Å². The zero-order valence-electron chi connectivity index (χ0n) is 14.9. The van der Waals surface area contributed by atoms with Crippen LogP contribution in [-0.2, 0) is 14.0 Å². The van der Waals surface area contributed by atoms with Crippen LogP contribution in [0.4, 0.5) is 0 Å². The number of ether oxygens (including phenoxy) is 1. The molecular weight excluding hydrogens is 282 g/mol. The molecule has 0 rings (SSSR count). The molecule has 0 fully saturated rings. The Morgan fingerprint density at radius 1 is 1.19 bits per heavy atom. The van der Waals surface area contributed by atoms with Crippen LogP contribution in [0.25, 0.3) is 0 Å². The normalized spacial score (nSPS) is 14.4. The van der Waals surface area contributed by atoms with Gasteiger partial charge >= 0.3 is 5.97 Å². The molecule has 4 nitrogen and oxygen atoms in total. The average Bonchev–Trinajstić information content (AvgIpc) is 2.22. The zero-order valence-corrected chi connectivity index (χ0v) is 15.9. The fourth-order valence-electron chi connectivity index (χ4n) is 1.48. The maximum Gasteiger partial charge on any atom is 0.306 e. The van der Waals surface area contributed by atoms with Crippen molar-refractivity contribution in [3.63, 3.8) is 0 Å². The Balaban J connectivity index is 4.59. The van der Waals surface area contributed by atoms with Gasteiger partial charge in [-0.15, -0.1) is 0 Å².